The van der Waals surface area contributed by atoms with Gasteiger partial charge in [0.15, 0.2) is 0 Å². The van der Waals surface area contributed by atoms with Gasteiger partial charge in [0.2, 0.25) is 0 Å². The van der Waals surface area contributed by atoms with Crippen LogP contribution in [0.15, 0.2) is 0 Å². The third-order valence-electron chi connectivity index (χ3n) is 5.11. The van der Waals surface area contributed by atoms with Crippen LogP contribution < -0.4 is 0 Å². The molecule has 4 aliphatic carbocycles. The highest BCUT2D eigenvalue weighted by molar-refractivity contribution is 5.94. The zero-order valence-electron chi connectivity index (χ0n) is 8.40. The highest BCUT2D eigenvalue weighted by atomic mass is 16.4. The summed E-state index contributed by atoms with van der Waals surface area (Å²) in [6.45, 7) is 0. The lowest BCUT2D eigenvalue weighted by molar-refractivity contribution is -0.165. The molecule has 82 valence electrons. The Hall–Kier alpha value is -1.06. The van der Waals surface area contributed by atoms with Crippen LogP contribution in [0.3, 0.4) is 0 Å². The Morgan fingerprint density at radius 2 is 1.20 bits per heavy atom. The van der Waals surface area contributed by atoms with Crippen LogP contribution in [-0.4, -0.2) is 22.2 Å². The highest BCUT2D eigenvalue weighted by Crippen LogP contribution is 2.79. The fourth-order valence-electron chi connectivity index (χ4n) is 4.37. The zero-order chi connectivity index (χ0) is 10.8. The van der Waals surface area contributed by atoms with E-state index in [0.29, 0.717) is 6.42 Å². The summed E-state index contributed by atoms with van der Waals surface area (Å²) < 4.78 is 0. The first kappa shape index (κ1) is 9.19. The number of hydrogen-bond donors (Lipinski definition) is 2. The van der Waals surface area contributed by atoms with Crippen LogP contribution in [0.5, 0.6) is 0 Å². The average molecular weight is 210 g/mol. The number of rotatable bonds is 2. The number of hydrogen-bond acceptors (Lipinski definition) is 2. The SMILES string of the molecule is O=C(O)C12CC1(C(=O)O)C1CCC2CC1. The monoisotopic (exact) mass is 210 g/mol. The van der Waals surface area contributed by atoms with Gasteiger partial charge < -0.3 is 10.2 Å². The molecule has 15 heavy (non-hydrogen) atoms. The van der Waals surface area contributed by atoms with Crippen molar-refractivity contribution < 1.29 is 19.8 Å². The molecular weight excluding hydrogens is 196 g/mol. The van der Waals surface area contributed by atoms with Gasteiger partial charge in [-0.15, -0.1) is 0 Å². The maximum Gasteiger partial charge on any atom is 0.311 e. The summed E-state index contributed by atoms with van der Waals surface area (Å²) in [7, 11) is 0. The summed E-state index contributed by atoms with van der Waals surface area (Å²) in [5.74, 6) is -1.54. The lowest BCUT2D eigenvalue weighted by atomic mass is 9.58. The lowest BCUT2D eigenvalue weighted by Crippen LogP contribution is -2.47. The van der Waals surface area contributed by atoms with Gasteiger partial charge in [0.25, 0.3) is 0 Å². The van der Waals surface area contributed by atoms with Gasteiger partial charge in [0.1, 0.15) is 0 Å². The molecule has 0 amide bonds. The van der Waals surface area contributed by atoms with Gasteiger partial charge in [-0.3, -0.25) is 9.59 Å². The van der Waals surface area contributed by atoms with Crippen LogP contribution in [0.25, 0.3) is 0 Å². The summed E-state index contributed by atoms with van der Waals surface area (Å²) in [6, 6.07) is 0. The van der Waals surface area contributed by atoms with Gasteiger partial charge in [0.05, 0.1) is 10.8 Å². The molecule has 4 rings (SSSR count). The fraction of sp³-hybridized carbons (Fsp3) is 0.818. The first-order chi connectivity index (χ1) is 7.05. The molecule has 4 saturated carbocycles. The minimum Gasteiger partial charge on any atom is -0.481 e. The molecule has 0 aromatic rings. The van der Waals surface area contributed by atoms with E-state index in [-0.39, 0.29) is 11.8 Å². The number of fused-ring (bicyclic) bond motifs is 2. The number of carboxylic acids is 2. The first-order valence-electron chi connectivity index (χ1n) is 5.52. The van der Waals surface area contributed by atoms with Crippen LogP contribution >= 0.6 is 0 Å². The quantitative estimate of drug-likeness (QED) is 0.721. The van der Waals surface area contributed by atoms with Crippen molar-refractivity contribution in [3.8, 4) is 0 Å². The molecule has 2 bridgehead atoms. The molecule has 0 heterocycles. The Bertz CT molecular complexity index is 322. The third-order valence-corrected chi connectivity index (χ3v) is 5.11. The summed E-state index contributed by atoms with van der Waals surface area (Å²) in [5.41, 5.74) is -1.81. The standard InChI is InChI=1S/C11H14O4/c12-8(13)10-5-11(10,9(14)15)7-2-1-6(10)3-4-7/h6-7H,1-5H2,(H,12,13)(H,14,15). The van der Waals surface area contributed by atoms with Crippen molar-refractivity contribution in [2.24, 2.45) is 22.7 Å². The van der Waals surface area contributed by atoms with Crippen molar-refractivity contribution in [2.45, 2.75) is 32.1 Å². The van der Waals surface area contributed by atoms with E-state index in [2.05, 4.69) is 0 Å². The minimum absolute atomic E-state index is 0.107. The van der Waals surface area contributed by atoms with Crippen LogP contribution in [0.2, 0.25) is 0 Å². The Labute approximate surface area is 87.3 Å². The van der Waals surface area contributed by atoms with E-state index < -0.39 is 22.8 Å². The molecular formula is C11H14O4. The lowest BCUT2D eigenvalue weighted by Gasteiger charge is -2.44. The second-order valence-corrected chi connectivity index (χ2v) is 5.28. The molecule has 0 spiro atoms. The van der Waals surface area contributed by atoms with Crippen molar-refractivity contribution in [3.63, 3.8) is 0 Å². The molecule has 2 unspecified atom stereocenters. The molecule has 0 saturated heterocycles. The van der Waals surface area contributed by atoms with E-state index >= 15 is 0 Å². The van der Waals surface area contributed by atoms with Crippen molar-refractivity contribution >= 4 is 11.9 Å². The van der Waals surface area contributed by atoms with E-state index in [4.69, 9.17) is 0 Å². The van der Waals surface area contributed by atoms with Gasteiger partial charge in [-0.25, -0.2) is 0 Å². The van der Waals surface area contributed by atoms with E-state index in [1.54, 1.807) is 0 Å². The van der Waals surface area contributed by atoms with Gasteiger partial charge in [-0.2, -0.15) is 0 Å². The number of aliphatic carboxylic acids is 2. The molecule has 4 aliphatic rings. The molecule has 0 aromatic carbocycles. The van der Waals surface area contributed by atoms with E-state index in [1.165, 1.54) is 0 Å². The Morgan fingerprint density at radius 3 is 1.47 bits per heavy atom. The largest absolute Gasteiger partial charge is 0.481 e. The van der Waals surface area contributed by atoms with Crippen LogP contribution in [0.1, 0.15) is 32.1 Å². The summed E-state index contributed by atoms with van der Waals surface area (Å²) >= 11 is 0. The maximum absolute atomic E-state index is 11.4. The smallest absolute Gasteiger partial charge is 0.311 e. The highest BCUT2D eigenvalue weighted by Gasteiger charge is 2.84. The van der Waals surface area contributed by atoms with Gasteiger partial charge in [-0.05, 0) is 43.9 Å². The van der Waals surface area contributed by atoms with Gasteiger partial charge in [0, 0.05) is 0 Å². The van der Waals surface area contributed by atoms with E-state index in [9.17, 15) is 19.8 Å². The predicted molar refractivity (Wildman–Crippen MR) is 50.2 cm³/mol. The van der Waals surface area contributed by atoms with Crippen LogP contribution in [0, 0.1) is 22.7 Å². The van der Waals surface area contributed by atoms with Crippen molar-refractivity contribution in [1.82, 2.24) is 0 Å². The molecule has 2 N–H and O–H groups in total. The van der Waals surface area contributed by atoms with Gasteiger partial charge in [-0.1, -0.05) is 0 Å². The first-order valence-corrected chi connectivity index (χ1v) is 5.52. The zero-order valence-corrected chi connectivity index (χ0v) is 8.40. The fourth-order valence-corrected chi connectivity index (χ4v) is 4.37. The average Bonchev–Trinajstić information content (AvgIpc) is 2.93. The second-order valence-electron chi connectivity index (χ2n) is 5.28. The molecule has 2 atom stereocenters. The van der Waals surface area contributed by atoms with E-state index in [1.807, 2.05) is 0 Å². The molecule has 0 radical (unpaired) electrons. The summed E-state index contributed by atoms with van der Waals surface area (Å²) in [5, 5.41) is 18.6. The Morgan fingerprint density at radius 1 is 0.867 bits per heavy atom. The normalized spacial score (nSPS) is 50.9. The molecule has 0 aliphatic heterocycles. The Balaban J connectivity index is 2.10. The van der Waals surface area contributed by atoms with Gasteiger partial charge >= 0.3 is 11.9 Å². The molecule has 4 nitrogen and oxygen atoms in total. The van der Waals surface area contributed by atoms with E-state index in [0.717, 1.165) is 25.7 Å². The van der Waals surface area contributed by atoms with Crippen LogP contribution in [0.4, 0.5) is 0 Å². The predicted octanol–water partition coefficient (Wildman–Crippen LogP) is 1.35. The van der Waals surface area contributed by atoms with Crippen molar-refractivity contribution in [3.05, 3.63) is 0 Å². The molecule has 4 fully saturated rings. The molecule has 4 heteroatoms. The number of carboxylic acid groups (broad SMARTS) is 2. The summed E-state index contributed by atoms with van der Waals surface area (Å²) in [4.78, 5) is 22.7. The summed E-state index contributed by atoms with van der Waals surface area (Å²) in [6.07, 6.45) is 4.01. The number of carbonyl (C=O) groups is 2. The Kier molecular flexibility index (Phi) is 1.45. The van der Waals surface area contributed by atoms with Crippen LogP contribution in [-0.2, 0) is 9.59 Å². The third kappa shape index (κ3) is 0.734. The molecule has 0 aromatic heterocycles. The maximum atomic E-state index is 11.4. The van der Waals surface area contributed by atoms with Crippen molar-refractivity contribution in [2.75, 3.05) is 0 Å². The topological polar surface area (TPSA) is 74.6 Å². The van der Waals surface area contributed by atoms with Crippen molar-refractivity contribution in [1.29, 1.82) is 0 Å². The minimum atomic E-state index is -0.903. The second kappa shape index (κ2) is 2.36.